The number of anilines is 1. The highest BCUT2D eigenvalue weighted by atomic mass is 32.1. The van der Waals surface area contributed by atoms with Crippen LogP contribution in [0, 0.1) is 19.7 Å². The van der Waals surface area contributed by atoms with Crippen molar-refractivity contribution in [1.29, 1.82) is 0 Å². The Balaban J connectivity index is 2.20. The van der Waals surface area contributed by atoms with Crippen LogP contribution in [0.1, 0.15) is 20.9 Å². The molecule has 6 heteroatoms. The zero-order chi connectivity index (χ0) is 14.0. The minimum absolute atomic E-state index is 0.0358. The number of thiazole rings is 1. The highest BCUT2D eigenvalue weighted by Crippen LogP contribution is 2.23. The molecule has 0 atom stereocenters. The first-order valence-corrected chi connectivity index (χ1v) is 6.42. The van der Waals surface area contributed by atoms with E-state index in [4.69, 9.17) is 4.74 Å². The normalized spacial score (nSPS) is 10.3. The Morgan fingerprint density at radius 3 is 2.68 bits per heavy atom. The SMILES string of the molecule is COc1ccc(C(=O)Nc2nc(C)c(C)s2)c(F)c1. The maximum atomic E-state index is 13.7. The molecule has 0 radical (unpaired) electrons. The zero-order valence-corrected chi connectivity index (χ0v) is 11.6. The van der Waals surface area contributed by atoms with E-state index in [1.807, 2.05) is 13.8 Å². The lowest BCUT2D eigenvalue weighted by molar-refractivity contribution is 0.102. The molecular formula is C13H13FN2O2S. The Morgan fingerprint density at radius 2 is 2.16 bits per heavy atom. The van der Waals surface area contributed by atoms with Gasteiger partial charge in [0.15, 0.2) is 5.13 Å². The molecule has 0 unspecified atom stereocenters. The number of amides is 1. The predicted molar refractivity (Wildman–Crippen MR) is 72.5 cm³/mol. The molecule has 0 aliphatic carbocycles. The average molecular weight is 280 g/mol. The molecule has 0 saturated heterocycles. The van der Waals surface area contributed by atoms with Gasteiger partial charge in [-0.1, -0.05) is 0 Å². The van der Waals surface area contributed by atoms with E-state index in [1.165, 1.54) is 36.6 Å². The number of aromatic nitrogens is 1. The van der Waals surface area contributed by atoms with Gasteiger partial charge in [0.1, 0.15) is 11.6 Å². The number of nitrogens with one attached hydrogen (secondary N) is 1. The van der Waals surface area contributed by atoms with Crippen molar-refractivity contribution in [2.24, 2.45) is 0 Å². The highest BCUT2D eigenvalue weighted by Gasteiger charge is 2.14. The van der Waals surface area contributed by atoms with Gasteiger partial charge in [0.25, 0.3) is 5.91 Å². The Kier molecular flexibility index (Phi) is 3.80. The molecule has 0 aliphatic heterocycles. The van der Waals surface area contributed by atoms with E-state index in [1.54, 1.807) is 0 Å². The molecule has 1 heterocycles. The molecular weight excluding hydrogens is 267 g/mol. The summed E-state index contributed by atoms with van der Waals surface area (Å²) in [6.07, 6.45) is 0. The fraction of sp³-hybridized carbons (Fsp3) is 0.231. The third-order valence-corrected chi connectivity index (χ3v) is 3.66. The second-order valence-electron chi connectivity index (χ2n) is 3.96. The standard InChI is InChI=1S/C13H13FN2O2S/c1-7-8(2)19-13(15-7)16-12(17)10-5-4-9(18-3)6-11(10)14/h4-6H,1-3H3,(H,15,16,17). The maximum Gasteiger partial charge on any atom is 0.260 e. The molecule has 1 N–H and O–H groups in total. The first-order chi connectivity index (χ1) is 9.01. The van der Waals surface area contributed by atoms with Crippen LogP contribution >= 0.6 is 11.3 Å². The van der Waals surface area contributed by atoms with Crippen molar-refractivity contribution in [3.8, 4) is 5.75 Å². The van der Waals surface area contributed by atoms with Crippen LogP contribution in [0.2, 0.25) is 0 Å². The first-order valence-electron chi connectivity index (χ1n) is 5.60. The van der Waals surface area contributed by atoms with Crippen LogP contribution < -0.4 is 10.1 Å². The quantitative estimate of drug-likeness (QED) is 0.939. The largest absolute Gasteiger partial charge is 0.497 e. The highest BCUT2D eigenvalue weighted by molar-refractivity contribution is 7.15. The summed E-state index contributed by atoms with van der Waals surface area (Å²) in [4.78, 5) is 17.1. The topological polar surface area (TPSA) is 51.2 Å². The van der Waals surface area contributed by atoms with Crippen LogP contribution in [0.4, 0.5) is 9.52 Å². The summed E-state index contributed by atoms with van der Waals surface area (Å²) in [5.74, 6) is -0.772. The van der Waals surface area contributed by atoms with E-state index in [9.17, 15) is 9.18 Å². The van der Waals surface area contributed by atoms with Gasteiger partial charge in [0, 0.05) is 10.9 Å². The number of hydrogen-bond acceptors (Lipinski definition) is 4. The summed E-state index contributed by atoms with van der Waals surface area (Å²) in [6.45, 7) is 3.77. The summed E-state index contributed by atoms with van der Waals surface area (Å²) < 4.78 is 18.6. The second kappa shape index (κ2) is 5.36. The Morgan fingerprint density at radius 1 is 1.42 bits per heavy atom. The Labute approximate surface area is 114 Å². The number of nitrogens with zero attached hydrogens (tertiary/aromatic N) is 1. The molecule has 100 valence electrons. The van der Waals surface area contributed by atoms with Gasteiger partial charge in [-0.15, -0.1) is 11.3 Å². The summed E-state index contributed by atoms with van der Waals surface area (Å²) in [5, 5.41) is 3.05. The summed E-state index contributed by atoms with van der Waals surface area (Å²) >= 11 is 1.36. The third kappa shape index (κ3) is 2.90. The van der Waals surface area contributed by atoms with E-state index >= 15 is 0 Å². The molecule has 0 aliphatic rings. The van der Waals surface area contributed by atoms with Crippen molar-refractivity contribution in [2.45, 2.75) is 13.8 Å². The maximum absolute atomic E-state index is 13.7. The zero-order valence-electron chi connectivity index (χ0n) is 10.8. The number of methoxy groups -OCH3 is 1. The minimum atomic E-state index is -0.623. The van der Waals surface area contributed by atoms with Crippen LogP contribution in [-0.4, -0.2) is 18.0 Å². The molecule has 1 aromatic carbocycles. The smallest absolute Gasteiger partial charge is 0.260 e. The van der Waals surface area contributed by atoms with Crippen molar-refractivity contribution >= 4 is 22.4 Å². The van der Waals surface area contributed by atoms with Gasteiger partial charge < -0.3 is 4.74 Å². The molecule has 0 bridgehead atoms. The van der Waals surface area contributed by atoms with Gasteiger partial charge in [-0.3, -0.25) is 10.1 Å². The van der Waals surface area contributed by atoms with Crippen molar-refractivity contribution < 1.29 is 13.9 Å². The fourth-order valence-corrected chi connectivity index (χ4v) is 2.31. The van der Waals surface area contributed by atoms with Gasteiger partial charge >= 0.3 is 0 Å². The van der Waals surface area contributed by atoms with Crippen molar-refractivity contribution in [2.75, 3.05) is 12.4 Å². The number of ether oxygens (including phenoxy) is 1. The number of halogens is 1. The molecule has 0 fully saturated rings. The summed E-state index contributed by atoms with van der Waals surface area (Å²) in [7, 11) is 1.44. The lowest BCUT2D eigenvalue weighted by Crippen LogP contribution is -2.13. The lowest BCUT2D eigenvalue weighted by Gasteiger charge is -2.05. The number of benzene rings is 1. The van der Waals surface area contributed by atoms with Gasteiger partial charge in [-0.2, -0.15) is 0 Å². The van der Waals surface area contributed by atoms with Crippen LogP contribution in [0.5, 0.6) is 5.75 Å². The summed E-state index contributed by atoms with van der Waals surface area (Å²) in [6, 6.07) is 4.10. The van der Waals surface area contributed by atoms with E-state index in [2.05, 4.69) is 10.3 Å². The Hall–Kier alpha value is -1.95. The average Bonchev–Trinajstić information content (AvgIpc) is 2.67. The lowest BCUT2D eigenvalue weighted by atomic mass is 10.2. The van der Waals surface area contributed by atoms with Crippen molar-refractivity contribution in [1.82, 2.24) is 4.98 Å². The van der Waals surface area contributed by atoms with Crippen molar-refractivity contribution in [3.05, 3.63) is 40.2 Å². The van der Waals surface area contributed by atoms with E-state index in [0.29, 0.717) is 10.9 Å². The number of aryl methyl sites for hydroxylation is 2. The molecule has 0 saturated carbocycles. The van der Waals surface area contributed by atoms with Gasteiger partial charge in [-0.25, -0.2) is 9.37 Å². The van der Waals surface area contributed by atoms with Gasteiger partial charge in [-0.05, 0) is 26.0 Å². The number of carbonyl (C=O) groups is 1. The van der Waals surface area contributed by atoms with Gasteiger partial charge in [0.2, 0.25) is 0 Å². The first kappa shape index (κ1) is 13.5. The van der Waals surface area contributed by atoms with E-state index in [-0.39, 0.29) is 5.56 Å². The molecule has 1 amide bonds. The number of carbonyl (C=O) groups excluding carboxylic acids is 1. The molecule has 19 heavy (non-hydrogen) atoms. The van der Waals surface area contributed by atoms with E-state index in [0.717, 1.165) is 10.6 Å². The van der Waals surface area contributed by atoms with Crippen LogP contribution in [0.3, 0.4) is 0 Å². The number of rotatable bonds is 3. The van der Waals surface area contributed by atoms with Crippen LogP contribution in [-0.2, 0) is 0 Å². The van der Waals surface area contributed by atoms with Gasteiger partial charge in [0.05, 0.1) is 18.4 Å². The second-order valence-corrected chi connectivity index (χ2v) is 5.16. The molecule has 1 aromatic heterocycles. The van der Waals surface area contributed by atoms with Crippen molar-refractivity contribution in [3.63, 3.8) is 0 Å². The minimum Gasteiger partial charge on any atom is -0.497 e. The molecule has 2 aromatic rings. The summed E-state index contributed by atoms with van der Waals surface area (Å²) in [5.41, 5.74) is 0.821. The third-order valence-electron chi connectivity index (χ3n) is 2.67. The fourth-order valence-electron chi connectivity index (χ4n) is 1.50. The molecule has 2 rings (SSSR count). The molecule has 4 nitrogen and oxygen atoms in total. The predicted octanol–water partition coefficient (Wildman–Crippen LogP) is 3.16. The monoisotopic (exact) mass is 280 g/mol. The number of hydrogen-bond donors (Lipinski definition) is 1. The van der Waals surface area contributed by atoms with Crippen LogP contribution in [0.25, 0.3) is 0 Å². The van der Waals surface area contributed by atoms with E-state index < -0.39 is 11.7 Å². The molecule has 0 spiro atoms. The Bertz CT molecular complexity index is 606. The van der Waals surface area contributed by atoms with Crippen LogP contribution in [0.15, 0.2) is 18.2 Å².